The Morgan fingerprint density at radius 3 is 2.56 bits per heavy atom. The van der Waals surface area contributed by atoms with Gasteiger partial charge in [0.25, 0.3) is 0 Å². The molecular weight excluding hydrogens is 334 g/mol. The van der Waals surface area contributed by atoms with Gasteiger partial charge in [0.15, 0.2) is 5.16 Å². The van der Waals surface area contributed by atoms with Gasteiger partial charge in [-0.2, -0.15) is 5.10 Å². The molecule has 132 valence electrons. The van der Waals surface area contributed by atoms with Crippen molar-refractivity contribution in [2.75, 3.05) is 37.5 Å². The highest BCUT2D eigenvalue weighted by molar-refractivity contribution is 7.98. The average Bonchev–Trinajstić information content (AvgIpc) is 3.06. The smallest absolute Gasteiger partial charge is 0.189 e. The molecule has 0 saturated carbocycles. The number of nitrogens with zero attached hydrogens (tertiary/aromatic N) is 5. The number of anilines is 1. The maximum absolute atomic E-state index is 5.51. The highest BCUT2D eigenvalue weighted by Gasteiger charge is 2.23. The molecule has 1 aliphatic heterocycles. The second-order valence-corrected chi connectivity index (χ2v) is 8.03. The Labute approximate surface area is 151 Å². The van der Waals surface area contributed by atoms with Crippen molar-refractivity contribution < 1.29 is 4.74 Å². The first-order valence-corrected chi connectivity index (χ1v) is 9.77. The maximum atomic E-state index is 5.51. The van der Waals surface area contributed by atoms with Crippen molar-refractivity contribution in [2.45, 2.75) is 31.5 Å². The van der Waals surface area contributed by atoms with Crippen molar-refractivity contribution in [2.24, 2.45) is 0 Å². The number of rotatable bonds is 2. The largest absolute Gasteiger partial charge is 0.378 e. The van der Waals surface area contributed by atoms with E-state index in [9.17, 15) is 0 Å². The third-order valence-electron chi connectivity index (χ3n) is 4.49. The van der Waals surface area contributed by atoms with Gasteiger partial charge >= 0.3 is 0 Å². The van der Waals surface area contributed by atoms with Gasteiger partial charge < -0.3 is 9.64 Å². The van der Waals surface area contributed by atoms with Crippen molar-refractivity contribution in [3.8, 4) is 0 Å². The second kappa shape index (κ2) is 6.14. The summed E-state index contributed by atoms with van der Waals surface area (Å²) >= 11 is 1.58. The topological polar surface area (TPSA) is 56.1 Å². The molecule has 1 saturated heterocycles. The van der Waals surface area contributed by atoms with Crippen LogP contribution in [0.4, 0.5) is 5.82 Å². The first-order valence-electron chi connectivity index (χ1n) is 8.54. The number of fused-ring (bicyclic) bond motifs is 3. The summed E-state index contributed by atoms with van der Waals surface area (Å²) in [6, 6.07) is 4.25. The number of morpholine rings is 1. The van der Waals surface area contributed by atoms with Crippen LogP contribution in [0.2, 0.25) is 0 Å². The molecule has 3 aromatic rings. The van der Waals surface area contributed by atoms with E-state index >= 15 is 0 Å². The predicted octanol–water partition coefficient (Wildman–Crippen LogP) is 3.29. The van der Waals surface area contributed by atoms with Crippen LogP contribution in [0.25, 0.3) is 21.8 Å². The van der Waals surface area contributed by atoms with Crippen molar-refractivity contribution in [3.63, 3.8) is 0 Å². The Balaban J connectivity index is 2.03. The minimum atomic E-state index is -0.111. The molecule has 2 aromatic heterocycles. The molecule has 4 rings (SSSR count). The Morgan fingerprint density at radius 2 is 1.88 bits per heavy atom. The van der Waals surface area contributed by atoms with Crippen LogP contribution >= 0.6 is 11.8 Å². The van der Waals surface area contributed by atoms with Crippen LogP contribution in [-0.2, 0) is 10.3 Å². The zero-order valence-corrected chi connectivity index (χ0v) is 15.9. The van der Waals surface area contributed by atoms with Gasteiger partial charge in [0, 0.05) is 23.9 Å². The van der Waals surface area contributed by atoms with E-state index in [-0.39, 0.29) is 5.54 Å². The van der Waals surface area contributed by atoms with E-state index in [1.165, 1.54) is 0 Å². The fourth-order valence-corrected chi connectivity index (χ4v) is 3.64. The molecular formula is C18H23N5OS. The third-order valence-corrected chi connectivity index (χ3v) is 5.03. The van der Waals surface area contributed by atoms with Crippen molar-refractivity contribution in [1.29, 1.82) is 0 Å². The number of ether oxygens (including phenoxy) is 1. The van der Waals surface area contributed by atoms with Crippen LogP contribution in [0.3, 0.4) is 0 Å². The summed E-state index contributed by atoms with van der Waals surface area (Å²) in [5.41, 5.74) is 1.95. The van der Waals surface area contributed by atoms with Crippen molar-refractivity contribution >= 4 is 39.4 Å². The number of hydrogen-bond acceptors (Lipinski definition) is 6. The van der Waals surface area contributed by atoms with E-state index in [1.807, 2.05) is 12.5 Å². The fraction of sp³-hybridized carbons (Fsp3) is 0.500. The van der Waals surface area contributed by atoms with Crippen LogP contribution in [0, 0.1) is 0 Å². The van der Waals surface area contributed by atoms with Crippen LogP contribution < -0.4 is 4.90 Å². The van der Waals surface area contributed by atoms with Gasteiger partial charge in [-0.15, -0.1) is 0 Å². The molecule has 6 nitrogen and oxygen atoms in total. The number of aromatic nitrogens is 4. The minimum Gasteiger partial charge on any atom is -0.378 e. The molecule has 0 bridgehead atoms. The summed E-state index contributed by atoms with van der Waals surface area (Å²) in [7, 11) is 0. The van der Waals surface area contributed by atoms with Crippen molar-refractivity contribution in [1.82, 2.24) is 19.7 Å². The lowest BCUT2D eigenvalue weighted by Crippen LogP contribution is -2.37. The van der Waals surface area contributed by atoms with E-state index in [0.29, 0.717) is 0 Å². The molecule has 0 radical (unpaired) electrons. The summed E-state index contributed by atoms with van der Waals surface area (Å²) in [5, 5.41) is 7.62. The molecule has 25 heavy (non-hydrogen) atoms. The minimum absolute atomic E-state index is 0.111. The van der Waals surface area contributed by atoms with Gasteiger partial charge in [-0.3, -0.25) is 4.68 Å². The molecule has 0 aliphatic carbocycles. The van der Waals surface area contributed by atoms with Crippen molar-refractivity contribution in [3.05, 3.63) is 18.3 Å². The van der Waals surface area contributed by atoms with E-state index < -0.39 is 0 Å². The first-order chi connectivity index (χ1) is 12.0. The zero-order valence-electron chi connectivity index (χ0n) is 15.1. The molecule has 1 fully saturated rings. The zero-order chi connectivity index (χ0) is 17.6. The Morgan fingerprint density at radius 1 is 1.12 bits per heavy atom. The SMILES string of the molecule is CSc1nc(N2CCOCC2)c2ccc3cnn(C(C)(C)C)c3c2n1. The molecule has 1 aliphatic rings. The van der Waals surface area contributed by atoms with E-state index in [1.54, 1.807) is 11.8 Å². The summed E-state index contributed by atoms with van der Waals surface area (Å²) < 4.78 is 7.58. The van der Waals surface area contributed by atoms with E-state index in [0.717, 1.165) is 59.1 Å². The van der Waals surface area contributed by atoms with Gasteiger partial charge in [-0.25, -0.2) is 9.97 Å². The lowest BCUT2D eigenvalue weighted by atomic mass is 10.1. The molecule has 0 amide bonds. The summed E-state index contributed by atoms with van der Waals surface area (Å²) in [6.07, 6.45) is 3.95. The Hall–Kier alpha value is -1.86. The van der Waals surface area contributed by atoms with E-state index in [2.05, 4.69) is 47.6 Å². The van der Waals surface area contributed by atoms with Gasteiger partial charge in [0.2, 0.25) is 0 Å². The van der Waals surface area contributed by atoms with Gasteiger partial charge in [-0.1, -0.05) is 17.8 Å². The average molecular weight is 357 g/mol. The monoisotopic (exact) mass is 357 g/mol. The number of benzene rings is 1. The standard InChI is InChI=1S/C18H23N5OS/c1-18(2,3)23-15-12(11-19-23)5-6-13-14(15)20-17(25-4)21-16(13)22-7-9-24-10-8-22/h5-6,11H,7-10H2,1-4H3. The fourth-order valence-electron chi connectivity index (χ4n) is 3.28. The van der Waals surface area contributed by atoms with Gasteiger partial charge in [-0.05, 0) is 33.1 Å². The maximum Gasteiger partial charge on any atom is 0.189 e. The molecule has 0 atom stereocenters. The number of thioether (sulfide) groups is 1. The quantitative estimate of drug-likeness (QED) is 0.518. The summed E-state index contributed by atoms with van der Waals surface area (Å²) in [4.78, 5) is 12.0. The Bertz CT molecular complexity index is 924. The lowest BCUT2D eigenvalue weighted by molar-refractivity contribution is 0.122. The third kappa shape index (κ3) is 2.85. The predicted molar refractivity (Wildman–Crippen MR) is 103 cm³/mol. The molecule has 1 aromatic carbocycles. The van der Waals surface area contributed by atoms with Gasteiger partial charge in [0.05, 0.1) is 30.5 Å². The molecule has 0 unspecified atom stereocenters. The highest BCUT2D eigenvalue weighted by Crippen LogP contribution is 2.33. The van der Waals surface area contributed by atoms with E-state index in [4.69, 9.17) is 14.7 Å². The van der Waals surface area contributed by atoms with Gasteiger partial charge in [0.1, 0.15) is 11.3 Å². The molecule has 7 heteroatoms. The second-order valence-electron chi connectivity index (χ2n) is 7.26. The molecule has 3 heterocycles. The summed E-state index contributed by atoms with van der Waals surface area (Å²) in [6.45, 7) is 9.69. The highest BCUT2D eigenvalue weighted by atomic mass is 32.2. The van der Waals surface area contributed by atoms with Crippen LogP contribution in [0.5, 0.6) is 0 Å². The lowest BCUT2D eigenvalue weighted by Gasteiger charge is -2.29. The molecule has 0 spiro atoms. The normalized spacial score (nSPS) is 16.1. The summed E-state index contributed by atoms with van der Waals surface area (Å²) in [5.74, 6) is 1.00. The number of hydrogen-bond donors (Lipinski definition) is 0. The molecule has 0 N–H and O–H groups in total. The van der Waals surface area contributed by atoms with Crippen LogP contribution in [0.15, 0.2) is 23.5 Å². The first kappa shape index (κ1) is 16.6. The Kier molecular flexibility index (Phi) is 4.08. The van der Waals surface area contributed by atoms with Crippen LogP contribution in [-0.4, -0.2) is 52.3 Å². The van der Waals surface area contributed by atoms with Crippen LogP contribution in [0.1, 0.15) is 20.8 Å².